The van der Waals surface area contributed by atoms with E-state index in [9.17, 15) is 0 Å². The molecule has 2 heterocycles. The Morgan fingerprint density at radius 1 is 1.50 bits per heavy atom. The minimum absolute atomic E-state index is 0.0474. The summed E-state index contributed by atoms with van der Waals surface area (Å²) in [6, 6.07) is 0. The monoisotopic (exact) mass is 195 g/mol. The van der Waals surface area contributed by atoms with E-state index in [1.54, 1.807) is 7.05 Å². The van der Waals surface area contributed by atoms with Crippen LogP contribution in [-0.2, 0) is 12.6 Å². The third-order valence-corrected chi connectivity index (χ3v) is 3.08. The van der Waals surface area contributed by atoms with E-state index in [0.717, 1.165) is 18.8 Å². The van der Waals surface area contributed by atoms with Gasteiger partial charge in [-0.25, -0.2) is 0 Å². The topological polar surface area (TPSA) is 55.6 Å². The molecule has 1 aliphatic heterocycles. The molecule has 5 nitrogen and oxygen atoms in total. The second-order valence-electron chi connectivity index (χ2n) is 4.26. The van der Waals surface area contributed by atoms with Crippen LogP contribution in [0.5, 0.6) is 0 Å². The van der Waals surface area contributed by atoms with Gasteiger partial charge in [0.15, 0.2) is 5.82 Å². The van der Waals surface area contributed by atoms with E-state index in [0.29, 0.717) is 5.92 Å². The number of hydrogen-bond acceptors (Lipinski definition) is 4. The number of tetrazole rings is 1. The van der Waals surface area contributed by atoms with Crippen molar-refractivity contribution in [3.63, 3.8) is 0 Å². The Kier molecular flexibility index (Phi) is 2.26. The second-order valence-corrected chi connectivity index (χ2v) is 4.26. The Morgan fingerprint density at radius 2 is 2.29 bits per heavy atom. The van der Waals surface area contributed by atoms with Crippen LogP contribution in [0.15, 0.2) is 0 Å². The Hall–Kier alpha value is -0.970. The molecule has 14 heavy (non-hydrogen) atoms. The molecular weight excluding hydrogens is 178 g/mol. The molecule has 0 amide bonds. The number of rotatable bonds is 2. The van der Waals surface area contributed by atoms with Crippen molar-refractivity contribution < 1.29 is 0 Å². The first kappa shape index (κ1) is 9.58. The molecule has 1 N–H and O–H groups in total. The van der Waals surface area contributed by atoms with Crippen molar-refractivity contribution in [1.29, 1.82) is 0 Å². The molecule has 1 aromatic heterocycles. The van der Waals surface area contributed by atoms with Crippen LogP contribution in [0, 0.1) is 5.92 Å². The molecule has 78 valence electrons. The lowest BCUT2D eigenvalue weighted by molar-refractivity contribution is 0.259. The number of nitrogens with one attached hydrogen (secondary N) is 1. The summed E-state index contributed by atoms with van der Waals surface area (Å²) in [5, 5.41) is 15.9. The molecule has 1 atom stereocenters. The van der Waals surface area contributed by atoms with Crippen LogP contribution in [0.25, 0.3) is 0 Å². The fourth-order valence-electron chi connectivity index (χ4n) is 2.17. The Morgan fingerprint density at radius 3 is 2.71 bits per heavy atom. The molecule has 1 saturated heterocycles. The van der Waals surface area contributed by atoms with Crippen LogP contribution in [0.2, 0.25) is 0 Å². The van der Waals surface area contributed by atoms with Crippen molar-refractivity contribution in [2.24, 2.45) is 13.0 Å². The van der Waals surface area contributed by atoms with E-state index < -0.39 is 0 Å². The zero-order chi connectivity index (χ0) is 10.2. The highest BCUT2D eigenvalue weighted by Crippen LogP contribution is 2.35. The first-order valence-electron chi connectivity index (χ1n) is 5.14. The van der Waals surface area contributed by atoms with Gasteiger partial charge in [-0.2, -0.15) is 4.80 Å². The molecule has 1 unspecified atom stereocenters. The van der Waals surface area contributed by atoms with Crippen molar-refractivity contribution in [3.05, 3.63) is 5.82 Å². The van der Waals surface area contributed by atoms with E-state index >= 15 is 0 Å². The van der Waals surface area contributed by atoms with Gasteiger partial charge in [-0.1, -0.05) is 13.8 Å². The van der Waals surface area contributed by atoms with Gasteiger partial charge in [0.2, 0.25) is 0 Å². The highest BCUT2D eigenvalue weighted by Gasteiger charge is 2.42. The first-order chi connectivity index (χ1) is 6.65. The summed E-state index contributed by atoms with van der Waals surface area (Å²) in [7, 11) is 1.81. The lowest BCUT2D eigenvalue weighted by atomic mass is 9.84. The highest BCUT2D eigenvalue weighted by atomic mass is 15.6. The van der Waals surface area contributed by atoms with Crippen LogP contribution in [-0.4, -0.2) is 26.8 Å². The molecule has 0 aromatic carbocycles. The molecular formula is C9H17N5. The van der Waals surface area contributed by atoms with Gasteiger partial charge >= 0.3 is 0 Å². The third-order valence-electron chi connectivity index (χ3n) is 3.08. The van der Waals surface area contributed by atoms with E-state index in [4.69, 9.17) is 0 Å². The minimum Gasteiger partial charge on any atom is -0.304 e. The summed E-state index contributed by atoms with van der Waals surface area (Å²) in [5.74, 6) is 1.33. The largest absolute Gasteiger partial charge is 0.304 e. The van der Waals surface area contributed by atoms with Crippen LogP contribution < -0.4 is 5.32 Å². The average Bonchev–Trinajstić information content (AvgIpc) is 2.71. The van der Waals surface area contributed by atoms with E-state index in [2.05, 4.69) is 34.6 Å². The molecule has 2 rings (SSSR count). The van der Waals surface area contributed by atoms with Crippen molar-refractivity contribution in [2.75, 3.05) is 6.54 Å². The molecule has 0 bridgehead atoms. The Labute approximate surface area is 83.9 Å². The molecule has 1 fully saturated rings. The SMILES string of the molecule is CC(C)C1(c2nnn(C)n2)CCCN1. The average molecular weight is 195 g/mol. The first-order valence-corrected chi connectivity index (χ1v) is 5.14. The van der Waals surface area contributed by atoms with Crippen LogP contribution >= 0.6 is 0 Å². The molecule has 0 spiro atoms. The van der Waals surface area contributed by atoms with Gasteiger partial charge in [0.1, 0.15) is 0 Å². The van der Waals surface area contributed by atoms with Gasteiger partial charge in [0.05, 0.1) is 12.6 Å². The summed E-state index contributed by atoms with van der Waals surface area (Å²) < 4.78 is 0. The predicted molar refractivity (Wildman–Crippen MR) is 52.6 cm³/mol. The van der Waals surface area contributed by atoms with Gasteiger partial charge in [-0.15, -0.1) is 10.2 Å². The standard InChI is InChI=1S/C9H17N5/c1-7(2)9(5-4-6-10-9)8-11-13-14(3)12-8/h7,10H,4-6H2,1-3H3. The van der Waals surface area contributed by atoms with Gasteiger partial charge in [0, 0.05) is 0 Å². The number of nitrogens with zero attached hydrogens (tertiary/aromatic N) is 4. The fourth-order valence-corrected chi connectivity index (χ4v) is 2.17. The predicted octanol–water partition coefficient (Wildman–Crippen LogP) is 0.445. The molecule has 1 aliphatic rings. The quantitative estimate of drug-likeness (QED) is 0.744. The summed E-state index contributed by atoms with van der Waals surface area (Å²) in [6.07, 6.45) is 2.30. The van der Waals surface area contributed by atoms with Gasteiger partial charge in [-0.05, 0) is 30.5 Å². The van der Waals surface area contributed by atoms with Crippen LogP contribution in [0.4, 0.5) is 0 Å². The Bertz CT molecular complexity index is 311. The van der Waals surface area contributed by atoms with Crippen molar-refractivity contribution in [1.82, 2.24) is 25.5 Å². The second kappa shape index (κ2) is 3.31. The molecule has 0 saturated carbocycles. The third kappa shape index (κ3) is 1.32. The van der Waals surface area contributed by atoms with Crippen LogP contribution in [0.1, 0.15) is 32.5 Å². The number of hydrogen-bond donors (Lipinski definition) is 1. The lowest BCUT2D eigenvalue weighted by Gasteiger charge is -2.30. The van der Waals surface area contributed by atoms with Crippen molar-refractivity contribution >= 4 is 0 Å². The van der Waals surface area contributed by atoms with Gasteiger partial charge < -0.3 is 5.32 Å². The Balaban J connectivity index is 2.36. The van der Waals surface area contributed by atoms with Gasteiger partial charge in [-0.3, -0.25) is 0 Å². The fraction of sp³-hybridized carbons (Fsp3) is 0.889. The molecule has 1 aromatic rings. The summed E-state index contributed by atoms with van der Waals surface area (Å²) in [5.41, 5.74) is -0.0474. The maximum atomic E-state index is 4.32. The zero-order valence-corrected chi connectivity index (χ0v) is 8.99. The molecule has 0 radical (unpaired) electrons. The molecule has 5 heteroatoms. The normalized spacial score (nSPS) is 27.4. The summed E-state index contributed by atoms with van der Waals surface area (Å²) in [6.45, 7) is 5.46. The van der Waals surface area contributed by atoms with Crippen molar-refractivity contribution in [3.8, 4) is 0 Å². The van der Waals surface area contributed by atoms with Gasteiger partial charge in [0.25, 0.3) is 0 Å². The van der Waals surface area contributed by atoms with Crippen molar-refractivity contribution in [2.45, 2.75) is 32.2 Å². The summed E-state index contributed by atoms with van der Waals surface area (Å²) in [4.78, 5) is 1.53. The maximum Gasteiger partial charge on any atom is 0.195 e. The van der Waals surface area contributed by atoms with E-state index in [-0.39, 0.29) is 5.54 Å². The zero-order valence-electron chi connectivity index (χ0n) is 8.99. The minimum atomic E-state index is -0.0474. The molecule has 0 aliphatic carbocycles. The lowest BCUT2D eigenvalue weighted by Crippen LogP contribution is -2.42. The highest BCUT2D eigenvalue weighted by molar-refractivity contribution is 5.08. The van der Waals surface area contributed by atoms with E-state index in [1.165, 1.54) is 11.2 Å². The number of aromatic nitrogens is 4. The number of aryl methyl sites for hydroxylation is 1. The van der Waals surface area contributed by atoms with E-state index in [1.807, 2.05) is 0 Å². The maximum absolute atomic E-state index is 4.32. The van der Waals surface area contributed by atoms with Crippen LogP contribution in [0.3, 0.4) is 0 Å². The smallest absolute Gasteiger partial charge is 0.195 e. The summed E-state index contributed by atoms with van der Waals surface area (Å²) >= 11 is 0.